The summed E-state index contributed by atoms with van der Waals surface area (Å²) in [7, 11) is 3.19. The van der Waals surface area contributed by atoms with E-state index in [9.17, 15) is 19.7 Å². The molecule has 0 bridgehead atoms. The topological polar surface area (TPSA) is 102 Å². The van der Waals surface area contributed by atoms with Gasteiger partial charge in [-0.15, -0.1) is 0 Å². The van der Waals surface area contributed by atoms with Gasteiger partial charge in [-0.2, -0.15) is 0 Å². The van der Waals surface area contributed by atoms with Crippen molar-refractivity contribution in [2.24, 2.45) is 0 Å². The van der Waals surface area contributed by atoms with Crippen LogP contribution in [-0.2, 0) is 11.3 Å². The molecular formula is C19H21N3O5. The zero-order valence-electron chi connectivity index (χ0n) is 15.4. The molecule has 0 radical (unpaired) electrons. The molecular weight excluding hydrogens is 350 g/mol. The number of non-ortho nitro benzene ring substituents is 1. The van der Waals surface area contributed by atoms with E-state index in [0.29, 0.717) is 12.3 Å². The van der Waals surface area contributed by atoms with Gasteiger partial charge in [0.2, 0.25) is 5.91 Å². The van der Waals surface area contributed by atoms with Crippen LogP contribution in [0.25, 0.3) is 0 Å². The lowest BCUT2D eigenvalue weighted by Crippen LogP contribution is -2.37. The van der Waals surface area contributed by atoms with Crippen molar-refractivity contribution in [1.82, 2.24) is 10.2 Å². The lowest BCUT2D eigenvalue weighted by molar-refractivity contribution is -0.384. The van der Waals surface area contributed by atoms with E-state index in [1.807, 2.05) is 25.1 Å². The molecule has 2 aromatic rings. The fourth-order valence-corrected chi connectivity index (χ4v) is 2.53. The Labute approximate surface area is 156 Å². The van der Waals surface area contributed by atoms with Crippen LogP contribution in [0.1, 0.15) is 21.5 Å². The molecule has 2 amide bonds. The first-order valence-corrected chi connectivity index (χ1v) is 8.22. The highest BCUT2D eigenvalue weighted by Crippen LogP contribution is 2.21. The number of nitro benzene ring substituents is 1. The van der Waals surface area contributed by atoms with Gasteiger partial charge >= 0.3 is 0 Å². The lowest BCUT2D eigenvalue weighted by atomic mass is 10.1. The summed E-state index contributed by atoms with van der Waals surface area (Å²) < 4.78 is 5.30. The summed E-state index contributed by atoms with van der Waals surface area (Å²) in [5.41, 5.74) is 1.85. The highest BCUT2D eigenvalue weighted by Gasteiger charge is 2.15. The second kappa shape index (κ2) is 8.79. The van der Waals surface area contributed by atoms with Crippen molar-refractivity contribution in [3.63, 3.8) is 0 Å². The van der Waals surface area contributed by atoms with Gasteiger partial charge in [0.15, 0.2) is 0 Å². The zero-order chi connectivity index (χ0) is 20.0. The Hall–Kier alpha value is -3.42. The highest BCUT2D eigenvalue weighted by molar-refractivity contribution is 5.96. The minimum absolute atomic E-state index is 0.125. The molecule has 0 fully saturated rings. The van der Waals surface area contributed by atoms with Crippen LogP contribution in [0.3, 0.4) is 0 Å². The van der Waals surface area contributed by atoms with Crippen LogP contribution in [0.2, 0.25) is 0 Å². The third kappa shape index (κ3) is 5.27. The predicted octanol–water partition coefficient (Wildman–Crippen LogP) is 2.30. The molecule has 0 unspecified atom stereocenters. The van der Waals surface area contributed by atoms with Crippen molar-refractivity contribution in [3.8, 4) is 5.75 Å². The van der Waals surface area contributed by atoms with Gasteiger partial charge in [-0.1, -0.05) is 23.8 Å². The van der Waals surface area contributed by atoms with E-state index in [4.69, 9.17) is 4.74 Å². The molecule has 0 atom stereocenters. The summed E-state index contributed by atoms with van der Waals surface area (Å²) >= 11 is 0. The van der Waals surface area contributed by atoms with Gasteiger partial charge in [-0.3, -0.25) is 19.7 Å². The first-order chi connectivity index (χ1) is 12.8. The molecule has 0 spiro atoms. The molecule has 0 aliphatic carbocycles. The fourth-order valence-electron chi connectivity index (χ4n) is 2.53. The van der Waals surface area contributed by atoms with Crippen LogP contribution in [0.15, 0.2) is 42.5 Å². The van der Waals surface area contributed by atoms with Gasteiger partial charge in [-0.25, -0.2) is 0 Å². The molecule has 0 aromatic heterocycles. The molecule has 0 heterocycles. The minimum atomic E-state index is -0.578. The van der Waals surface area contributed by atoms with Crippen LogP contribution in [0.5, 0.6) is 5.75 Å². The quantitative estimate of drug-likeness (QED) is 0.594. The van der Waals surface area contributed by atoms with Gasteiger partial charge in [0.05, 0.1) is 18.6 Å². The van der Waals surface area contributed by atoms with Gasteiger partial charge in [-0.05, 0) is 19.1 Å². The van der Waals surface area contributed by atoms with E-state index in [2.05, 4.69) is 5.32 Å². The SMILES string of the molecule is COc1ccc(C)cc1CN(C)C(=O)CNC(=O)c1cccc([N+](=O)[O-])c1. The lowest BCUT2D eigenvalue weighted by Gasteiger charge is -2.19. The summed E-state index contributed by atoms with van der Waals surface area (Å²) in [6.07, 6.45) is 0. The van der Waals surface area contributed by atoms with Crippen molar-refractivity contribution >= 4 is 17.5 Å². The number of nitrogens with one attached hydrogen (secondary N) is 1. The van der Waals surface area contributed by atoms with Crippen molar-refractivity contribution in [1.29, 1.82) is 0 Å². The van der Waals surface area contributed by atoms with E-state index < -0.39 is 10.8 Å². The summed E-state index contributed by atoms with van der Waals surface area (Å²) in [6.45, 7) is 2.06. The molecule has 8 heteroatoms. The summed E-state index contributed by atoms with van der Waals surface area (Å²) in [5.74, 6) is -0.160. The number of nitrogens with zero attached hydrogens (tertiary/aromatic N) is 2. The van der Waals surface area contributed by atoms with Crippen molar-refractivity contribution < 1.29 is 19.2 Å². The number of amides is 2. The maximum Gasteiger partial charge on any atom is 0.270 e. The highest BCUT2D eigenvalue weighted by atomic mass is 16.6. The average Bonchev–Trinajstić information content (AvgIpc) is 2.66. The second-order valence-corrected chi connectivity index (χ2v) is 6.06. The van der Waals surface area contributed by atoms with Crippen molar-refractivity contribution in [3.05, 3.63) is 69.3 Å². The number of likely N-dealkylation sites (N-methyl/N-ethyl adjacent to an activating group) is 1. The molecule has 0 aliphatic heterocycles. The number of hydrogen-bond acceptors (Lipinski definition) is 5. The van der Waals surface area contributed by atoms with Crippen LogP contribution in [0.4, 0.5) is 5.69 Å². The molecule has 142 valence electrons. The molecule has 0 saturated carbocycles. The Balaban J connectivity index is 1.97. The van der Waals surface area contributed by atoms with E-state index in [1.54, 1.807) is 14.2 Å². The number of rotatable bonds is 7. The predicted molar refractivity (Wildman–Crippen MR) is 99.6 cm³/mol. The number of nitro groups is 1. The number of carbonyl (C=O) groups excluding carboxylic acids is 2. The van der Waals surface area contributed by atoms with Gasteiger partial charge in [0.1, 0.15) is 5.75 Å². The first kappa shape index (κ1) is 19.9. The third-order valence-corrected chi connectivity index (χ3v) is 3.99. The van der Waals surface area contributed by atoms with Gasteiger partial charge < -0.3 is 15.0 Å². The Bertz CT molecular complexity index is 866. The molecule has 1 N–H and O–H groups in total. The molecule has 0 saturated heterocycles. The monoisotopic (exact) mass is 371 g/mol. The average molecular weight is 371 g/mol. The molecule has 0 aliphatic rings. The number of benzene rings is 2. The Morgan fingerprint density at radius 2 is 1.96 bits per heavy atom. The third-order valence-electron chi connectivity index (χ3n) is 3.99. The Kier molecular flexibility index (Phi) is 6.48. The van der Waals surface area contributed by atoms with Crippen molar-refractivity contribution in [2.75, 3.05) is 20.7 Å². The number of ether oxygens (including phenoxy) is 1. The van der Waals surface area contributed by atoms with Crippen LogP contribution in [-0.4, -0.2) is 42.3 Å². The van der Waals surface area contributed by atoms with Gasteiger partial charge in [0, 0.05) is 36.9 Å². The van der Waals surface area contributed by atoms with E-state index in [1.165, 1.54) is 29.2 Å². The summed E-state index contributed by atoms with van der Waals surface area (Å²) in [4.78, 5) is 36.1. The number of aryl methyl sites for hydroxylation is 1. The fraction of sp³-hybridized carbons (Fsp3) is 0.263. The largest absolute Gasteiger partial charge is 0.496 e. The minimum Gasteiger partial charge on any atom is -0.496 e. The van der Waals surface area contributed by atoms with E-state index in [-0.39, 0.29) is 23.7 Å². The molecule has 8 nitrogen and oxygen atoms in total. The van der Waals surface area contributed by atoms with Crippen LogP contribution < -0.4 is 10.1 Å². The van der Waals surface area contributed by atoms with Crippen LogP contribution in [0, 0.1) is 17.0 Å². The number of carbonyl (C=O) groups is 2. The maximum absolute atomic E-state index is 12.3. The smallest absolute Gasteiger partial charge is 0.270 e. The summed E-state index contributed by atoms with van der Waals surface area (Å²) in [5, 5.41) is 13.3. The number of hydrogen-bond donors (Lipinski definition) is 1. The maximum atomic E-state index is 12.3. The summed E-state index contributed by atoms with van der Waals surface area (Å²) in [6, 6.07) is 11.0. The first-order valence-electron chi connectivity index (χ1n) is 8.22. The molecule has 2 rings (SSSR count). The zero-order valence-corrected chi connectivity index (χ0v) is 15.4. The number of methoxy groups -OCH3 is 1. The standard InChI is InChI=1S/C19H21N3O5/c1-13-7-8-17(27-3)15(9-13)12-21(2)18(23)11-20-19(24)14-5-4-6-16(10-14)22(25)26/h4-10H,11-12H2,1-3H3,(H,20,24). The van der Waals surface area contributed by atoms with Crippen LogP contribution >= 0.6 is 0 Å². The molecule has 27 heavy (non-hydrogen) atoms. The van der Waals surface area contributed by atoms with E-state index in [0.717, 1.165) is 11.1 Å². The normalized spacial score (nSPS) is 10.2. The Morgan fingerprint density at radius 1 is 1.22 bits per heavy atom. The molecule has 2 aromatic carbocycles. The van der Waals surface area contributed by atoms with Crippen molar-refractivity contribution in [2.45, 2.75) is 13.5 Å². The Morgan fingerprint density at radius 3 is 2.63 bits per heavy atom. The second-order valence-electron chi connectivity index (χ2n) is 6.06. The van der Waals surface area contributed by atoms with E-state index >= 15 is 0 Å². The van der Waals surface area contributed by atoms with Gasteiger partial charge in [0.25, 0.3) is 11.6 Å².